The molecule has 0 aliphatic carbocycles. The molecule has 1 N–H and O–H groups in total. The number of thioether (sulfide) groups is 1. The molecule has 0 radical (unpaired) electrons. The van der Waals surface area contributed by atoms with Crippen molar-refractivity contribution in [3.63, 3.8) is 0 Å². The Kier molecular flexibility index (Phi) is 6.36. The van der Waals surface area contributed by atoms with Crippen LogP contribution in [0.4, 0.5) is 0 Å². The Bertz CT molecular complexity index is 958. The van der Waals surface area contributed by atoms with Crippen molar-refractivity contribution in [2.24, 2.45) is 4.99 Å². The van der Waals surface area contributed by atoms with Crippen molar-refractivity contribution in [3.8, 4) is 5.75 Å². The first-order valence-corrected chi connectivity index (χ1v) is 9.86. The fraction of sp³-hybridized carbons (Fsp3) is 0.105. The van der Waals surface area contributed by atoms with E-state index in [2.05, 4.69) is 26.2 Å². The van der Waals surface area contributed by atoms with Crippen LogP contribution in [0, 0.1) is 0 Å². The second-order valence-electron chi connectivity index (χ2n) is 5.61. The number of halogens is 2. The first-order chi connectivity index (χ1) is 12.9. The average molecular weight is 466 g/mol. The minimum atomic E-state index is -0.396. The van der Waals surface area contributed by atoms with E-state index in [4.69, 9.17) is 16.3 Å². The molecule has 1 aliphatic heterocycles. The number of nitrogens with zero attached hydrogens (tertiary/aromatic N) is 1. The van der Waals surface area contributed by atoms with Crippen LogP contribution in [-0.4, -0.2) is 17.0 Å². The molecular formula is C19H14BrClN2O3S. The van der Waals surface area contributed by atoms with Crippen molar-refractivity contribution in [3.05, 3.63) is 68.0 Å². The van der Waals surface area contributed by atoms with Gasteiger partial charge in [0.05, 0.1) is 4.91 Å². The Morgan fingerprint density at radius 2 is 2.04 bits per heavy atom. The number of nitrogens with one attached hydrogen (secondary N) is 1. The van der Waals surface area contributed by atoms with Crippen LogP contribution in [0.5, 0.6) is 5.75 Å². The van der Waals surface area contributed by atoms with Gasteiger partial charge in [-0.1, -0.05) is 39.7 Å². The van der Waals surface area contributed by atoms with E-state index in [0.717, 1.165) is 27.4 Å². The first kappa shape index (κ1) is 19.7. The SMILES string of the molecule is CC(=O)NC1=NC(=O)/C(=C/c2cc(Br)ccc2OCc2ccc(Cl)cc2)S1. The molecule has 3 rings (SSSR count). The summed E-state index contributed by atoms with van der Waals surface area (Å²) in [6.07, 6.45) is 1.70. The number of rotatable bonds is 4. The smallest absolute Gasteiger partial charge is 0.286 e. The second kappa shape index (κ2) is 8.73. The third-order valence-electron chi connectivity index (χ3n) is 3.47. The monoisotopic (exact) mass is 464 g/mol. The maximum Gasteiger partial charge on any atom is 0.286 e. The quantitative estimate of drug-likeness (QED) is 0.659. The Balaban J connectivity index is 1.79. The van der Waals surface area contributed by atoms with Crippen LogP contribution >= 0.6 is 39.3 Å². The van der Waals surface area contributed by atoms with Crippen LogP contribution in [0.3, 0.4) is 0 Å². The molecule has 1 aliphatic rings. The summed E-state index contributed by atoms with van der Waals surface area (Å²) in [5.74, 6) is -0.0425. The Morgan fingerprint density at radius 3 is 2.74 bits per heavy atom. The van der Waals surface area contributed by atoms with Gasteiger partial charge in [-0.05, 0) is 53.7 Å². The number of ether oxygens (including phenoxy) is 1. The molecule has 0 atom stereocenters. The first-order valence-electron chi connectivity index (χ1n) is 7.87. The number of amidine groups is 1. The van der Waals surface area contributed by atoms with Gasteiger partial charge in [0.15, 0.2) is 5.17 Å². The summed E-state index contributed by atoms with van der Waals surface area (Å²) >= 11 is 10.4. The van der Waals surface area contributed by atoms with E-state index in [1.165, 1.54) is 6.92 Å². The number of benzene rings is 2. The summed E-state index contributed by atoms with van der Waals surface area (Å²) in [5, 5.41) is 3.47. The van der Waals surface area contributed by atoms with Gasteiger partial charge in [0, 0.05) is 22.0 Å². The molecule has 1 heterocycles. The highest BCUT2D eigenvalue weighted by molar-refractivity contribution is 9.10. The van der Waals surface area contributed by atoms with Gasteiger partial charge < -0.3 is 10.1 Å². The number of carbonyl (C=O) groups is 2. The minimum Gasteiger partial charge on any atom is -0.488 e. The molecule has 2 aromatic carbocycles. The lowest BCUT2D eigenvalue weighted by atomic mass is 10.2. The number of hydrogen-bond donors (Lipinski definition) is 1. The van der Waals surface area contributed by atoms with Crippen molar-refractivity contribution in [1.82, 2.24) is 5.32 Å². The number of amides is 2. The molecule has 2 aromatic rings. The predicted molar refractivity (Wildman–Crippen MR) is 112 cm³/mol. The third kappa shape index (κ3) is 5.45. The molecule has 0 bridgehead atoms. The van der Waals surface area contributed by atoms with Crippen LogP contribution in [0.25, 0.3) is 6.08 Å². The number of aliphatic imine (C=N–C) groups is 1. The highest BCUT2D eigenvalue weighted by Gasteiger charge is 2.23. The second-order valence-corrected chi connectivity index (χ2v) is 7.99. The summed E-state index contributed by atoms with van der Waals surface area (Å²) in [5.41, 5.74) is 1.71. The van der Waals surface area contributed by atoms with Gasteiger partial charge in [-0.15, -0.1) is 0 Å². The normalized spacial score (nSPS) is 15.0. The van der Waals surface area contributed by atoms with Gasteiger partial charge in [-0.2, -0.15) is 4.99 Å². The van der Waals surface area contributed by atoms with Crippen LogP contribution in [-0.2, 0) is 16.2 Å². The topological polar surface area (TPSA) is 67.8 Å². The molecule has 0 unspecified atom stereocenters. The number of hydrogen-bond acceptors (Lipinski definition) is 4. The van der Waals surface area contributed by atoms with E-state index >= 15 is 0 Å². The van der Waals surface area contributed by atoms with Crippen LogP contribution < -0.4 is 10.1 Å². The van der Waals surface area contributed by atoms with Crippen LogP contribution in [0.1, 0.15) is 18.1 Å². The predicted octanol–water partition coefficient (Wildman–Crippen LogP) is 4.79. The van der Waals surface area contributed by atoms with Gasteiger partial charge in [0.2, 0.25) is 5.91 Å². The van der Waals surface area contributed by atoms with Crippen molar-refractivity contribution in [2.45, 2.75) is 13.5 Å². The standard InChI is InChI=1S/C19H14BrClN2O3S/c1-11(24)22-19-23-18(25)17(27-19)9-13-8-14(20)4-7-16(13)26-10-12-2-5-15(21)6-3-12/h2-9H,10H2,1H3,(H,22,23,24,25)/b17-9-. The molecule has 8 heteroatoms. The summed E-state index contributed by atoms with van der Waals surface area (Å²) in [6, 6.07) is 12.9. The summed E-state index contributed by atoms with van der Waals surface area (Å²) in [4.78, 5) is 27.5. The molecule has 2 amide bonds. The maximum atomic E-state index is 12.1. The molecule has 138 valence electrons. The zero-order valence-corrected chi connectivity index (χ0v) is 17.3. The van der Waals surface area contributed by atoms with Crippen LogP contribution in [0.2, 0.25) is 5.02 Å². The minimum absolute atomic E-state index is 0.273. The molecule has 0 fully saturated rings. The summed E-state index contributed by atoms with van der Waals surface area (Å²) < 4.78 is 6.77. The summed E-state index contributed by atoms with van der Waals surface area (Å²) in [7, 11) is 0. The van der Waals surface area contributed by atoms with Gasteiger partial charge in [0.25, 0.3) is 5.91 Å². The molecule has 0 aromatic heterocycles. The van der Waals surface area contributed by atoms with Crippen molar-refractivity contribution in [2.75, 3.05) is 0 Å². The lowest BCUT2D eigenvalue weighted by Gasteiger charge is -2.10. The van der Waals surface area contributed by atoms with Crippen molar-refractivity contribution >= 4 is 62.4 Å². The molecule has 27 heavy (non-hydrogen) atoms. The highest BCUT2D eigenvalue weighted by Crippen LogP contribution is 2.32. The fourth-order valence-electron chi connectivity index (χ4n) is 2.26. The van der Waals surface area contributed by atoms with E-state index in [9.17, 15) is 9.59 Å². The van der Waals surface area contributed by atoms with Gasteiger partial charge in [0.1, 0.15) is 12.4 Å². The lowest BCUT2D eigenvalue weighted by Crippen LogP contribution is -2.23. The Morgan fingerprint density at radius 1 is 1.30 bits per heavy atom. The van der Waals surface area contributed by atoms with Gasteiger partial charge in [-0.25, -0.2) is 0 Å². The maximum absolute atomic E-state index is 12.1. The van der Waals surface area contributed by atoms with E-state index < -0.39 is 5.91 Å². The zero-order valence-electron chi connectivity index (χ0n) is 14.2. The summed E-state index contributed by atoms with van der Waals surface area (Å²) in [6.45, 7) is 1.73. The fourth-order valence-corrected chi connectivity index (χ4v) is 3.61. The van der Waals surface area contributed by atoms with E-state index in [0.29, 0.717) is 22.3 Å². The third-order valence-corrected chi connectivity index (χ3v) is 5.11. The van der Waals surface area contributed by atoms with Crippen LogP contribution in [0.15, 0.2) is 56.8 Å². The molecule has 0 saturated heterocycles. The lowest BCUT2D eigenvalue weighted by molar-refractivity contribution is -0.117. The average Bonchev–Trinajstić information content (AvgIpc) is 2.94. The molecular weight excluding hydrogens is 452 g/mol. The van der Waals surface area contributed by atoms with E-state index in [1.807, 2.05) is 30.3 Å². The molecule has 5 nitrogen and oxygen atoms in total. The molecule has 0 saturated carbocycles. The van der Waals surface area contributed by atoms with Crippen molar-refractivity contribution < 1.29 is 14.3 Å². The molecule has 0 spiro atoms. The highest BCUT2D eigenvalue weighted by atomic mass is 79.9. The number of carbonyl (C=O) groups excluding carboxylic acids is 2. The van der Waals surface area contributed by atoms with Gasteiger partial charge >= 0.3 is 0 Å². The Labute approximate surface area is 174 Å². The largest absolute Gasteiger partial charge is 0.488 e. The Hall–Kier alpha value is -2.09. The van der Waals surface area contributed by atoms with E-state index in [1.54, 1.807) is 18.2 Å². The van der Waals surface area contributed by atoms with Crippen molar-refractivity contribution in [1.29, 1.82) is 0 Å². The zero-order chi connectivity index (χ0) is 19.4. The van der Waals surface area contributed by atoms with E-state index in [-0.39, 0.29) is 11.1 Å². The van der Waals surface area contributed by atoms with Gasteiger partial charge in [-0.3, -0.25) is 9.59 Å².